The smallest absolute Gasteiger partial charge is 0.338 e. The number of hydrogen-bond acceptors (Lipinski definition) is 4. The van der Waals surface area contributed by atoms with Gasteiger partial charge < -0.3 is 9.47 Å². The fraction of sp³-hybridized carbons (Fsp3) is 0.429. The number of ketones is 1. The van der Waals surface area contributed by atoms with Crippen molar-refractivity contribution in [3.63, 3.8) is 0 Å². The van der Waals surface area contributed by atoms with Crippen molar-refractivity contribution in [2.24, 2.45) is 0 Å². The molecular formula is C14H17ClO4. The highest BCUT2D eigenvalue weighted by Gasteiger charge is 2.22. The van der Waals surface area contributed by atoms with Gasteiger partial charge in [-0.15, -0.1) is 11.6 Å². The summed E-state index contributed by atoms with van der Waals surface area (Å²) in [4.78, 5) is 23.3. The molecule has 1 aromatic rings. The minimum Gasteiger partial charge on any atom is -0.494 e. The highest BCUT2D eigenvalue weighted by molar-refractivity contribution is 6.31. The first-order valence-electron chi connectivity index (χ1n) is 6.09. The van der Waals surface area contributed by atoms with Gasteiger partial charge in [-0.25, -0.2) is 4.79 Å². The molecule has 0 aromatic heterocycles. The average molecular weight is 285 g/mol. The van der Waals surface area contributed by atoms with Crippen LogP contribution in [0.5, 0.6) is 5.75 Å². The Morgan fingerprint density at radius 3 is 2.47 bits per heavy atom. The van der Waals surface area contributed by atoms with E-state index in [1.165, 1.54) is 6.92 Å². The van der Waals surface area contributed by atoms with Gasteiger partial charge in [-0.3, -0.25) is 4.79 Å². The van der Waals surface area contributed by atoms with E-state index in [9.17, 15) is 9.59 Å². The fourth-order valence-corrected chi connectivity index (χ4v) is 1.81. The molecule has 1 aromatic carbocycles. The second-order valence-electron chi connectivity index (χ2n) is 3.88. The van der Waals surface area contributed by atoms with E-state index in [-0.39, 0.29) is 18.0 Å². The lowest BCUT2D eigenvalue weighted by molar-refractivity contribution is -0.116. The minimum absolute atomic E-state index is 0.226. The molecule has 0 fully saturated rings. The van der Waals surface area contributed by atoms with Crippen LogP contribution in [0.2, 0.25) is 0 Å². The highest BCUT2D eigenvalue weighted by Crippen LogP contribution is 2.28. The molecule has 5 heteroatoms. The summed E-state index contributed by atoms with van der Waals surface area (Å²) in [6.07, 6.45) is 0. The standard InChI is InChI=1S/C14H17ClO4/c1-4-18-10-6-7-11(13(15)9(3)16)12(8-10)14(17)19-5-2/h6-8,13H,4-5H2,1-3H3. The lowest BCUT2D eigenvalue weighted by atomic mass is 10.0. The van der Waals surface area contributed by atoms with Crippen LogP contribution in [-0.4, -0.2) is 25.0 Å². The second-order valence-corrected chi connectivity index (χ2v) is 4.31. The topological polar surface area (TPSA) is 52.6 Å². The Morgan fingerprint density at radius 1 is 1.26 bits per heavy atom. The number of carbonyl (C=O) groups excluding carboxylic acids is 2. The SMILES string of the molecule is CCOC(=O)c1cc(OCC)ccc1C(Cl)C(C)=O. The van der Waals surface area contributed by atoms with Crippen LogP contribution in [0, 0.1) is 0 Å². The lowest BCUT2D eigenvalue weighted by Crippen LogP contribution is -2.12. The zero-order valence-electron chi connectivity index (χ0n) is 11.2. The third-order valence-electron chi connectivity index (χ3n) is 2.46. The number of esters is 1. The molecule has 0 saturated heterocycles. The zero-order valence-corrected chi connectivity index (χ0v) is 12.0. The first-order valence-corrected chi connectivity index (χ1v) is 6.53. The minimum atomic E-state index is -0.866. The van der Waals surface area contributed by atoms with Crippen molar-refractivity contribution in [3.8, 4) is 5.75 Å². The maximum absolute atomic E-state index is 11.9. The van der Waals surface area contributed by atoms with Gasteiger partial charge in [0.2, 0.25) is 0 Å². The Hall–Kier alpha value is -1.55. The summed E-state index contributed by atoms with van der Waals surface area (Å²) in [5.41, 5.74) is 0.707. The maximum atomic E-state index is 11.9. The zero-order chi connectivity index (χ0) is 14.4. The monoisotopic (exact) mass is 284 g/mol. The normalized spacial score (nSPS) is 11.8. The molecule has 1 rings (SSSR count). The van der Waals surface area contributed by atoms with Crippen LogP contribution < -0.4 is 4.74 Å². The molecule has 1 unspecified atom stereocenters. The van der Waals surface area contributed by atoms with E-state index < -0.39 is 11.3 Å². The van der Waals surface area contributed by atoms with Crippen molar-refractivity contribution in [2.45, 2.75) is 26.1 Å². The Kier molecular flexibility index (Phi) is 5.83. The van der Waals surface area contributed by atoms with Gasteiger partial charge in [0.05, 0.1) is 18.8 Å². The van der Waals surface area contributed by atoms with Gasteiger partial charge in [0, 0.05) is 0 Å². The summed E-state index contributed by atoms with van der Waals surface area (Å²) < 4.78 is 10.3. The Labute approximate surface area is 117 Å². The molecule has 104 valence electrons. The molecule has 0 aliphatic rings. The molecule has 0 saturated carbocycles. The first kappa shape index (κ1) is 15.5. The van der Waals surface area contributed by atoms with Crippen molar-refractivity contribution < 1.29 is 19.1 Å². The molecule has 0 aliphatic carbocycles. The van der Waals surface area contributed by atoms with E-state index in [2.05, 4.69) is 0 Å². The van der Waals surface area contributed by atoms with E-state index in [0.29, 0.717) is 17.9 Å². The molecule has 0 aliphatic heterocycles. The van der Waals surface area contributed by atoms with Crippen molar-refractivity contribution in [3.05, 3.63) is 29.3 Å². The third-order valence-corrected chi connectivity index (χ3v) is 3.00. The predicted molar refractivity (Wildman–Crippen MR) is 72.8 cm³/mol. The lowest BCUT2D eigenvalue weighted by Gasteiger charge is -2.13. The molecule has 0 bridgehead atoms. The Balaban J connectivity index is 3.21. The van der Waals surface area contributed by atoms with Crippen LogP contribution in [0.4, 0.5) is 0 Å². The number of ether oxygens (including phenoxy) is 2. The van der Waals surface area contributed by atoms with E-state index >= 15 is 0 Å². The summed E-state index contributed by atoms with van der Waals surface area (Å²) in [5, 5.41) is -0.866. The molecule has 19 heavy (non-hydrogen) atoms. The van der Waals surface area contributed by atoms with Crippen molar-refractivity contribution in [1.29, 1.82) is 0 Å². The van der Waals surface area contributed by atoms with Gasteiger partial charge in [0.25, 0.3) is 0 Å². The molecule has 1 atom stereocenters. The number of benzene rings is 1. The Morgan fingerprint density at radius 2 is 1.95 bits per heavy atom. The van der Waals surface area contributed by atoms with Gasteiger partial charge in [-0.1, -0.05) is 6.07 Å². The van der Waals surface area contributed by atoms with Crippen molar-refractivity contribution >= 4 is 23.4 Å². The molecule has 0 spiro atoms. The molecule has 0 N–H and O–H groups in total. The van der Waals surface area contributed by atoms with E-state index in [0.717, 1.165) is 0 Å². The largest absolute Gasteiger partial charge is 0.494 e. The van der Waals surface area contributed by atoms with Gasteiger partial charge in [-0.05, 0) is 38.5 Å². The predicted octanol–water partition coefficient (Wildman–Crippen LogP) is 3.13. The van der Waals surface area contributed by atoms with Crippen LogP contribution >= 0.6 is 11.6 Å². The number of hydrogen-bond donors (Lipinski definition) is 0. The summed E-state index contributed by atoms with van der Waals surface area (Å²) >= 11 is 6.02. The Bertz CT molecular complexity index is 471. The van der Waals surface area contributed by atoms with Crippen LogP contribution in [0.15, 0.2) is 18.2 Å². The fourth-order valence-electron chi connectivity index (χ4n) is 1.62. The average Bonchev–Trinajstić information content (AvgIpc) is 2.38. The number of Topliss-reactive ketones (excluding diaryl/α,β-unsaturated/α-hetero) is 1. The van der Waals surface area contributed by atoms with E-state index in [1.807, 2.05) is 6.92 Å². The summed E-state index contributed by atoms with van der Waals surface area (Å²) in [6, 6.07) is 4.85. The van der Waals surface area contributed by atoms with Gasteiger partial charge >= 0.3 is 5.97 Å². The van der Waals surface area contributed by atoms with Crippen LogP contribution in [0.3, 0.4) is 0 Å². The number of carbonyl (C=O) groups is 2. The van der Waals surface area contributed by atoms with Crippen LogP contribution in [0.1, 0.15) is 42.1 Å². The van der Waals surface area contributed by atoms with E-state index in [4.69, 9.17) is 21.1 Å². The second kappa shape index (κ2) is 7.14. The molecule has 0 heterocycles. The molecular weight excluding hydrogens is 268 g/mol. The molecule has 4 nitrogen and oxygen atoms in total. The van der Waals surface area contributed by atoms with Crippen LogP contribution in [-0.2, 0) is 9.53 Å². The van der Waals surface area contributed by atoms with Crippen molar-refractivity contribution in [1.82, 2.24) is 0 Å². The first-order chi connectivity index (χ1) is 9.01. The quantitative estimate of drug-likeness (QED) is 0.595. The van der Waals surface area contributed by atoms with Gasteiger partial charge in [0.15, 0.2) is 5.78 Å². The summed E-state index contributed by atoms with van der Waals surface area (Å²) in [5.74, 6) is -0.191. The summed E-state index contributed by atoms with van der Waals surface area (Å²) in [7, 11) is 0. The van der Waals surface area contributed by atoms with Gasteiger partial charge in [0.1, 0.15) is 11.1 Å². The van der Waals surface area contributed by atoms with Crippen molar-refractivity contribution in [2.75, 3.05) is 13.2 Å². The van der Waals surface area contributed by atoms with Gasteiger partial charge in [-0.2, -0.15) is 0 Å². The van der Waals surface area contributed by atoms with E-state index in [1.54, 1.807) is 25.1 Å². The molecule has 0 radical (unpaired) electrons. The third kappa shape index (κ3) is 3.96. The number of halogens is 1. The summed E-state index contributed by atoms with van der Waals surface area (Å²) in [6.45, 7) is 5.68. The highest BCUT2D eigenvalue weighted by atomic mass is 35.5. The maximum Gasteiger partial charge on any atom is 0.338 e. The number of rotatable bonds is 6. The number of alkyl halides is 1. The van der Waals surface area contributed by atoms with Crippen LogP contribution in [0.25, 0.3) is 0 Å². The molecule has 0 amide bonds.